The number of thiazole rings is 1. The number of carbonyl (C=O) groups excluding carboxylic acids is 1. The third-order valence-electron chi connectivity index (χ3n) is 2.26. The van der Waals surface area contributed by atoms with Crippen LogP contribution in [0.5, 0.6) is 5.75 Å². The molecule has 0 spiro atoms. The van der Waals surface area contributed by atoms with E-state index in [1.54, 1.807) is 5.38 Å². The van der Waals surface area contributed by atoms with E-state index in [4.69, 9.17) is 0 Å². The molecule has 2 rings (SSSR count). The van der Waals surface area contributed by atoms with E-state index in [1.807, 2.05) is 0 Å². The first-order chi connectivity index (χ1) is 9.87. The van der Waals surface area contributed by atoms with Crippen molar-refractivity contribution in [2.45, 2.75) is 6.36 Å². The number of nitrogens with one attached hydrogen (secondary N) is 1. The summed E-state index contributed by atoms with van der Waals surface area (Å²) in [7, 11) is 0. The Morgan fingerprint density at radius 2 is 2.00 bits per heavy atom. The van der Waals surface area contributed by atoms with Crippen LogP contribution in [0.2, 0.25) is 0 Å². The highest BCUT2D eigenvalue weighted by molar-refractivity contribution is 9.09. The first-order valence-electron chi connectivity index (χ1n) is 5.55. The summed E-state index contributed by atoms with van der Waals surface area (Å²) in [5.41, 5.74) is 1.18. The molecule has 0 bridgehead atoms. The SMILES string of the molecule is O=C(CBr)Nc1nc(-c2ccc(OC(F)(F)F)cc2)cs1. The van der Waals surface area contributed by atoms with Gasteiger partial charge in [-0.3, -0.25) is 4.79 Å². The molecule has 0 saturated heterocycles. The molecule has 1 heterocycles. The van der Waals surface area contributed by atoms with E-state index >= 15 is 0 Å². The summed E-state index contributed by atoms with van der Waals surface area (Å²) in [4.78, 5) is 15.4. The van der Waals surface area contributed by atoms with Gasteiger partial charge in [0.25, 0.3) is 0 Å². The van der Waals surface area contributed by atoms with Crippen molar-refractivity contribution in [3.63, 3.8) is 0 Å². The fourth-order valence-electron chi connectivity index (χ4n) is 1.44. The molecule has 1 aromatic carbocycles. The lowest BCUT2D eigenvalue weighted by Crippen LogP contribution is -2.16. The van der Waals surface area contributed by atoms with Crippen molar-refractivity contribution in [3.8, 4) is 17.0 Å². The number of alkyl halides is 4. The average Bonchev–Trinajstić information content (AvgIpc) is 2.86. The van der Waals surface area contributed by atoms with Crippen molar-refractivity contribution < 1.29 is 22.7 Å². The van der Waals surface area contributed by atoms with E-state index in [1.165, 1.54) is 35.6 Å². The van der Waals surface area contributed by atoms with Gasteiger partial charge in [-0.05, 0) is 24.3 Å². The molecule has 0 saturated carbocycles. The molecule has 0 aliphatic carbocycles. The maximum Gasteiger partial charge on any atom is 0.573 e. The van der Waals surface area contributed by atoms with E-state index in [0.717, 1.165) is 0 Å². The highest BCUT2D eigenvalue weighted by Crippen LogP contribution is 2.28. The van der Waals surface area contributed by atoms with Gasteiger partial charge in [0, 0.05) is 10.9 Å². The summed E-state index contributed by atoms with van der Waals surface area (Å²) in [6.45, 7) is 0. The van der Waals surface area contributed by atoms with Crippen LogP contribution >= 0.6 is 27.3 Å². The molecule has 1 N–H and O–H groups in total. The maximum atomic E-state index is 12.0. The fourth-order valence-corrected chi connectivity index (χ4v) is 2.32. The number of rotatable bonds is 4. The van der Waals surface area contributed by atoms with Crippen LogP contribution in [0.15, 0.2) is 29.6 Å². The van der Waals surface area contributed by atoms with Crippen molar-refractivity contribution >= 4 is 38.3 Å². The van der Waals surface area contributed by atoms with Crippen LogP contribution in [-0.4, -0.2) is 22.6 Å². The number of anilines is 1. The normalized spacial score (nSPS) is 11.2. The summed E-state index contributed by atoms with van der Waals surface area (Å²) >= 11 is 4.24. The van der Waals surface area contributed by atoms with Gasteiger partial charge in [0.15, 0.2) is 5.13 Å². The third kappa shape index (κ3) is 4.71. The summed E-state index contributed by atoms with van der Waals surface area (Å²) in [5, 5.41) is 4.85. The number of hydrogen-bond donors (Lipinski definition) is 1. The minimum absolute atomic E-state index is 0.158. The van der Waals surface area contributed by atoms with Gasteiger partial charge in [-0.15, -0.1) is 24.5 Å². The number of amides is 1. The van der Waals surface area contributed by atoms with Gasteiger partial charge < -0.3 is 10.1 Å². The quantitative estimate of drug-likeness (QED) is 0.814. The van der Waals surface area contributed by atoms with Crippen LogP contribution in [0.4, 0.5) is 18.3 Å². The number of nitrogens with zero attached hydrogens (tertiary/aromatic N) is 1. The molecule has 0 fully saturated rings. The van der Waals surface area contributed by atoms with Gasteiger partial charge in [0.1, 0.15) is 5.75 Å². The number of ether oxygens (including phenoxy) is 1. The molecular weight excluding hydrogens is 373 g/mol. The Balaban J connectivity index is 2.10. The number of carbonyl (C=O) groups is 1. The van der Waals surface area contributed by atoms with Gasteiger partial charge in [0.05, 0.1) is 11.0 Å². The third-order valence-corrected chi connectivity index (χ3v) is 3.52. The predicted molar refractivity (Wildman–Crippen MR) is 76.7 cm³/mol. The maximum absolute atomic E-state index is 12.0. The highest BCUT2D eigenvalue weighted by Gasteiger charge is 2.30. The van der Waals surface area contributed by atoms with Crippen LogP contribution in [0.1, 0.15) is 0 Å². The van der Waals surface area contributed by atoms with Gasteiger partial charge in [-0.25, -0.2) is 4.98 Å². The zero-order chi connectivity index (χ0) is 15.5. The van der Waals surface area contributed by atoms with Crippen LogP contribution in [0.25, 0.3) is 11.3 Å². The first-order valence-corrected chi connectivity index (χ1v) is 7.55. The van der Waals surface area contributed by atoms with Crippen molar-refractivity contribution in [2.24, 2.45) is 0 Å². The standard InChI is InChI=1S/C12H8BrF3N2O2S/c13-5-10(19)18-11-17-9(6-21-11)7-1-3-8(4-2-7)20-12(14,15)16/h1-4,6H,5H2,(H,17,18,19). The Hall–Kier alpha value is -1.61. The Kier molecular flexibility index (Phi) is 4.84. The lowest BCUT2D eigenvalue weighted by Gasteiger charge is -2.08. The van der Waals surface area contributed by atoms with E-state index in [9.17, 15) is 18.0 Å². The van der Waals surface area contributed by atoms with Gasteiger partial charge in [-0.2, -0.15) is 0 Å². The van der Waals surface area contributed by atoms with Crippen molar-refractivity contribution in [1.29, 1.82) is 0 Å². The van der Waals surface area contributed by atoms with Crippen LogP contribution in [-0.2, 0) is 4.79 Å². The number of benzene rings is 1. The van der Waals surface area contributed by atoms with Crippen LogP contribution < -0.4 is 10.1 Å². The van der Waals surface area contributed by atoms with E-state index < -0.39 is 6.36 Å². The molecule has 1 amide bonds. The minimum atomic E-state index is -4.71. The minimum Gasteiger partial charge on any atom is -0.406 e. The predicted octanol–water partition coefficient (Wildman–Crippen LogP) is 4.04. The monoisotopic (exact) mass is 380 g/mol. The second-order valence-corrected chi connectivity index (χ2v) is 5.21. The molecule has 112 valence electrons. The topological polar surface area (TPSA) is 51.2 Å². The largest absolute Gasteiger partial charge is 0.573 e. The lowest BCUT2D eigenvalue weighted by atomic mass is 10.2. The van der Waals surface area contributed by atoms with Crippen molar-refractivity contribution in [1.82, 2.24) is 4.98 Å². The van der Waals surface area contributed by atoms with Crippen LogP contribution in [0.3, 0.4) is 0 Å². The number of halogens is 4. The summed E-state index contributed by atoms with van der Waals surface area (Å²) < 4.78 is 39.9. The summed E-state index contributed by atoms with van der Waals surface area (Å²) in [6.07, 6.45) is -4.71. The Bertz CT molecular complexity index is 628. The average molecular weight is 381 g/mol. The Labute approximate surface area is 130 Å². The first kappa shape index (κ1) is 15.8. The lowest BCUT2D eigenvalue weighted by molar-refractivity contribution is -0.274. The molecule has 4 nitrogen and oxygen atoms in total. The highest BCUT2D eigenvalue weighted by atomic mass is 79.9. The molecule has 0 atom stereocenters. The Morgan fingerprint density at radius 1 is 1.33 bits per heavy atom. The molecule has 0 aliphatic heterocycles. The molecule has 0 aliphatic rings. The molecule has 0 unspecified atom stereocenters. The molecular formula is C12H8BrF3N2O2S. The van der Waals surface area contributed by atoms with E-state index in [-0.39, 0.29) is 17.0 Å². The second kappa shape index (κ2) is 6.44. The van der Waals surface area contributed by atoms with Crippen molar-refractivity contribution in [2.75, 3.05) is 10.6 Å². The molecule has 2 aromatic rings. The zero-order valence-electron chi connectivity index (χ0n) is 10.3. The smallest absolute Gasteiger partial charge is 0.406 e. The molecule has 0 radical (unpaired) electrons. The zero-order valence-corrected chi connectivity index (χ0v) is 12.7. The van der Waals surface area contributed by atoms with Gasteiger partial charge in [-0.1, -0.05) is 15.9 Å². The number of hydrogen-bond acceptors (Lipinski definition) is 4. The summed E-state index contributed by atoms with van der Waals surface area (Å²) in [6, 6.07) is 5.34. The summed E-state index contributed by atoms with van der Waals surface area (Å²) in [5.74, 6) is -0.529. The molecule has 21 heavy (non-hydrogen) atoms. The van der Waals surface area contributed by atoms with E-state index in [0.29, 0.717) is 16.4 Å². The molecule has 9 heteroatoms. The fraction of sp³-hybridized carbons (Fsp3) is 0.167. The van der Waals surface area contributed by atoms with Gasteiger partial charge in [0.2, 0.25) is 5.91 Å². The van der Waals surface area contributed by atoms with Crippen molar-refractivity contribution in [3.05, 3.63) is 29.6 Å². The second-order valence-electron chi connectivity index (χ2n) is 3.79. The molecule has 1 aromatic heterocycles. The van der Waals surface area contributed by atoms with Gasteiger partial charge >= 0.3 is 6.36 Å². The number of aromatic nitrogens is 1. The Morgan fingerprint density at radius 3 is 2.57 bits per heavy atom. The van der Waals surface area contributed by atoms with Crippen LogP contribution in [0, 0.1) is 0 Å². The van der Waals surface area contributed by atoms with E-state index in [2.05, 4.69) is 31.0 Å².